The van der Waals surface area contributed by atoms with E-state index in [1.165, 1.54) is 28.0 Å². The van der Waals surface area contributed by atoms with Crippen LogP contribution in [0.1, 0.15) is 27.7 Å². The van der Waals surface area contributed by atoms with Crippen LogP contribution in [0.25, 0.3) is 11.0 Å². The van der Waals surface area contributed by atoms with Crippen LogP contribution in [-0.2, 0) is 10.5 Å². The largest absolute Gasteiger partial charge is 0.503 e. The standard InChI is InChI=1S/C27H17ClN4O4S2/c28-18-9-7-15(8-10-18)14-37-27-31-30-26(38-27)32-22(17-5-3-11-29-13-17)21(24(34)25(32)35)23(33)20-12-16-4-1-2-6-19(16)36-20/h1-13,22,34H,14H2. The van der Waals surface area contributed by atoms with Crippen molar-refractivity contribution in [1.29, 1.82) is 0 Å². The lowest BCUT2D eigenvalue weighted by Gasteiger charge is -2.23. The molecular formula is C27H17ClN4O4S2. The number of amides is 1. The number of thioether (sulfide) groups is 1. The molecule has 2 aromatic carbocycles. The Morgan fingerprint density at radius 2 is 1.92 bits per heavy atom. The number of pyridine rings is 1. The highest BCUT2D eigenvalue weighted by atomic mass is 35.5. The average Bonchev–Trinajstić information content (AvgIpc) is 3.65. The van der Waals surface area contributed by atoms with E-state index in [-0.39, 0.29) is 16.5 Å². The van der Waals surface area contributed by atoms with E-state index in [0.29, 0.717) is 26.3 Å². The molecule has 1 unspecified atom stereocenters. The van der Waals surface area contributed by atoms with Crippen molar-refractivity contribution in [2.75, 3.05) is 4.90 Å². The van der Waals surface area contributed by atoms with E-state index in [4.69, 9.17) is 16.0 Å². The number of benzene rings is 2. The molecule has 1 aliphatic rings. The maximum Gasteiger partial charge on any atom is 0.296 e. The molecule has 38 heavy (non-hydrogen) atoms. The second-order valence-electron chi connectivity index (χ2n) is 8.37. The molecule has 11 heteroatoms. The molecule has 0 bridgehead atoms. The van der Waals surface area contributed by atoms with Crippen molar-refractivity contribution in [3.8, 4) is 0 Å². The average molecular weight is 561 g/mol. The van der Waals surface area contributed by atoms with E-state index in [2.05, 4.69) is 15.2 Å². The quantitative estimate of drug-likeness (QED) is 0.138. The number of furan rings is 1. The van der Waals surface area contributed by atoms with E-state index < -0.39 is 23.5 Å². The summed E-state index contributed by atoms with van der Waals surface area (Å²) in [5, 5.41) is 21.1. The summed E-state index contributed by atoms with van der Waals surface area (Å²) in [5.74, 6) is -1.35. The van der Waals surface area contributed by atoms with Gasteiger partial charge in [-0.1, -0.05) is 71.1 Å². The van der Waals surface area contributed by atoms with Gasteiger partial charge in [-0.25, -0.2) is 0 Å². The van der Waals surface area contributed by atoms with Gasteiger partial charge < -0.3 is 9.52 Å². The molecule has 1 atom stereocenters. The number of hydrogen-bond acceptors (Lipinski definition) is 9. The molecule has 0 spiro atoms. The molecule has 0 aliphatic carbocycles. The summed E-state index contributed by atoms with van der Waals surface area (Å²) in [6.07, 6.45) is 3.14. The van der Waals surface area contributed by atoms with Crippen LogP contribution in [0.3, 0.4) is 0 Å². The summed E-state index contributed by atoms with van der Waals surface area (Å²) in [5.41, 5.74) is 2.02. The second-order valence-corrected chi connectivity index (χ2v) is 11.0. The Balaban J connectivity index is 1.34. The number of carbonyl (C=O) groups excluding carboxylic acids is 2. The lowest BCUT2D eigenvalue weighted by atomic mass is 9.96. The van der Waals surface area contributed by atoms with Crippen molar-refractivity contribution in [3.63, 3.8) is 0 Å². The number of rotatable bonds is 7. The lowest BCUT2D eigenvalue weighted by molar-refractivity contribution is -0.117. The summed E-state index contributed by atoms with van der Waals surface area (Å²) in [7, 11) is 0. The van der Waals surface area contributed by atoms with Crippen LogP contribution < -0.4 is 4.90 Å². The van der Waals surface area contributed by atoms with E-state index in [0.717, 1.165) is 10.9 Å². The second kappa shape index (κ2) is 10.1. The first-order chi connectivity index (χ1) is 18.5. The van der Waals surface area contributed by atoms with E-state index >= 15 is 0 Å². The number of aliphatic hydroxyl groups is 1. The third-order valence-corrected chi connectivity index (χ3v) is 8.36. The number of fused-ring (bicyclic) bond motifs is 1. The number of carbonyl (C=O) groups is 2. The number of aromatic nitrogens is 3. The van der Waals surface area contributed by atoms with Crippen LogP contribution in [0.5, 0.6) is 0 Å². The number of aliphatic hydroxyl groups excluding tert-OH is 1. The van der Waals surface area contributed by atoms with Gasteiger partial charge in [0.05, 0.1) is 11.6 Å². The molecule has 8 nitrogen and oxygen atoms in total. The minimum atomic E-state index is -0.959. The normalized spacial score (nSPS) is 15.6. The van der Waals surface area contributed by atoms with Gasteiger partial charge in [-0.05, 0) is 41.5 Å². The molecule has 3 aromatic heterocycles. The number of nitrogens with zero attached hydrogens (tertiary/aromatic N) is 4. The van der Waals surface area contributed by atoms with Gasteiger partial charge in [0.25, 0.3) is 5.91 Å². The summed E-state index contributed by atoms with van der Waals surface area (Å²) in [6, 6.07) is 18.8. The monoisotopic (exact) mass is 560 g/mol. The molecule has 6 rings (SSSR count). The van der Waals surface area contributed by atoms with Crippen molar-refractivity contribution in [1.82, 2.24) is 15.2 Å². The number of Topliss-reactive ketones (excluding diaryl/α,β-unsaturated/α-hetero) is 1. The van der Waals surface area contributed by atoms with Crippen LogP contribution in [0, 0.1) is 0 Å². The van der Waals surface area contributed by atoms with Gasteiger partial charge in [-0.15, -0.1) is 10.2 Å². The van der Waals surface area contributed by atoms with E-state index in [1.807, 2.05) is 36.4 Å². The predicted molar refractivity (Wildman–Crippen MR) is 146 cm³/mol. The Labute approximate surface area is 229 Å². The maximum absolute atomic E-state index is 13.7. The van der Waals surface area contributed by atoms with Gasteiger partial charge in [-0.3, -0.25) is 19.5 Å². The van der Waals surface area contributed by atoms with Crippen LogP contribution in [0.15, 0.2) is 99.2 Å². The van der Waals surface area contributed by atoms with E-state index in [1.54, 1.807) is 42.7 Å². The summed E-state index contributed by atoms with van der Waals surface area (Å²) >= 11 is 8.62. The molecule has 0 saturated heterocycles. The zero-order valence-corrected chi connectivity index (χ0v) is 21.8. The minimum absolute atomic E-state index is 0.0211. The van der Waals surface area contributed by atoms with Crippen LogP contribution in [0.2, 0.25) is 5.02 Å². The zero-order valence-electron chi connectivity index (χ0n) is 19.4. The molecule has 0 saturated carbocycles. The SMILES string of the molecule is O=C(C1=C(O)C(=O)N(c2nnc(SCc3ccc(Cl)cc3)s2)C1c1cccnc1)c1cc2ccccc2o1. The van der Waals surface area contributed by atoms with Crippen molar-refractivity contribution in [3.05, 3.63) is 112 Å². The van der Waals surface area contributed by atoms with Crippen LogP contribution >= 0.6 is 34.7 Å². The number of para-hydroxylation sites is 1. The Morgan fingerprint density at radius 1 is 1.11 bits per heavy atom. The minimum Gasteiger partial charge on any atom is -0.503 e. The fourth-order valence-electron chi connectivity index (χ4n) is 4.20. The van der Waals surface area contributed by atoms with Crippen molar-refractivity contribution in [2.45, 2.75) is 16.1 Å². The lowest BCUT2D eigenvalue weighted by Crippen LogP contribution is -2.31. The van der Waals surface area contributed by atoms with Crippen LogP contribution in [0.4, 0.5) is 5.13 Å². The van der Waals surface area contributed by atoms with Gasteiger partial charge in [0.2, 0.25) is 10.9 Å². The molecule has 0 radical (unpaired) electrons. The molecule has 1 N–H and O–H groups in total. The van der Waals surface area contributed by atoms with Crippen LogP contribution in [-0.4, -0.2) is 32.0 Å². The Bertz CT molecular complexity index is 1670. The number of hydrogen-bond donors (Lipinski definition) is 1. The van der Waals surface area contributed by atoms with Crippen molar-refractivity contribution < 1.29 is 19.1 Å². The van der Waals surface area contributed by atoms with Crippen molar-refractivity contribution >= 4 is 62.5 Å². The molecule has 1 aliphatic heterocycles. The fraction of sp³-hybridized carbons (Fsp3) is 0.0741. The van der Waals surface area contributed by atoms with Crippen molar-refractivity contribution in [2.24, 2.45) is 0 Å². The van der Waals surface area contributed by atoms with Gasteiger partial charge in [0.15, 0.2) is 15.9 Å². The first-order valence-corrected chi connectivity index (χ1v) is 13.6. The summed E-state index contributed by atoms with van der Waals surface area (Å²) in [6.45, 7) is 0. The zero-order chi connectivity index (χ0) is 26.2. The number of halogens is 1. The first-order valence-electron chi connectivity index (χ1n) is 11.4. The maximum atomic E-state index is 13.7. The third-order valence-electron chi connectivity index (χ3n) is 5.98. The highest BCUT2D eigenvalue weighted by Crippen LogP contribution is 2.44. The fourth-order valence-corrected chi connectivity index (χ4v) is 6.15. The molecular weight excluding hydrogens is 544 g/mol. The number of ketones is 1. The Hall–Kier alpha value is -3.99. The molecule has 188 valence electrons. The molecule has 5 aromatic rings. The third kappa shape index (κ3) is 4.47. The Kier molecular flexibility index (Phi) is 6.44. The van der Waals surface area contributed by atoms with Gasteiger partial charge in [0.1, 0.15) is 5.58 Å². The topological polar surface area (TPSA) is 109 Å². The Morgan fingerprint density at radius 3 is 2.68 bits per heavy atom. The van der Waals surface area contributed by atoms with Gasteiger partial charge in [-0.2, -0.15) is 0 Å². The highest BCUT2D eigenvalue weighted by Gasteiger charge is 2.47. The van der Waals surface area contributed by atoms with Gasteiger partial charge >= 0.3 is 0 Å². The molecule has 0 fully saturated rings. The molecule has 4 heterocycles. The first kappa shape index (κ1) is 24.4. The van der Waals surface area contributed by atoms with Gasteiger partial charge in [0, 0.05) is 28.6 Å². The molecule has 1 amide bonds. The van der Waals surface area contributed by atoms with E-state index in [9.17, 15) is 14.7 Å². The highest BCUT2D eigenvalue weighted by molar-refractivity contribution is 8.00. The summed E-state index contributed by atoms with van der Waals surface area (Å²) in [4.78, 5) is 32.5. The summed E-state index contributed by atoms with van der Waals surface area (Å²) < 4.78 is 6.39. The number of anilines is 1. The smallest absolute Gasteiger partial charge is 0.296 e. The predicted octanol–water partition coefficient (Wildman–Crippen LogP) is 6.41.